The van der Waals surface area contributed by atoms with Crippen LogP contribution in [0.5, 0.6) is 5.75 Å². The first-order valence-corrected chi connectivity index (χ1v) is 9.59. The summed E-state index contributed by atoms with van der Waals surface area (Å²) in [5, 5.41) is 2.92. The summed E-state index contributed by atoms with van der Waals surface area (Å²) in [6.45, 7) is 3.42. The Morgan fingerprint density at radius 1 is 1.30 bits per heavy atom. The predicted molar refractivity (Wildman–Crippen MR) is 112 cm³/mol. The molecule has 3 rings (SSSR count). The Balaban J connectivity index is 1.53. The fourth-order valence-corrected chi connectivity index (χ4v) is 3.37. The molecular formula is C21H22BrN3O2. The fraction of sp³-hybridized carbons (Fsp3) is 0.238. The minimum atomic E-state index is -0.121. The van der Waals surface area contributed by atoms with Gasteiger partial charge in [-0.05, 0) is 49.8 Å². The van der Waals surface area contributed by atoms with Crippen LogP contribution in [0, 0.1) is 6.92 Å². The van der Waals surface area contributed by atoms with Crippen molar-refractivity contribution >= 4 is 38.9 Å². The Kier molecular flexibility index (Phi) is 6.29. The molecule has 5 nitrogen and oxygen atoms in total. The maximum atomic E-state index is 12.1. The van der Waals surface area contributed by atoms with Crippen LogP contribution in [0.25, 0.3) is 17.1 Å². The molecule has 0 saturated carbocycles. The van der Waals surface area contributed by atoms with Crippen LogP contribution in [0.15, 0.2) is 53.0 Å². The Morgan fingerprint density at radius 3 is 2.93 bits per heavy atom. The van der Waals surface area contributed by atoms with Gasteiger partial charge in [-0.2, -0.15) is 0 Å². The molecule has 0 bridgehead atoms. The molecule has 140 valence electrons. The highest BCUT2D eigenvalue weighted by molar-refractivity contribution is 9.10. The first-order valence-electron chi connectivity index (χ1n) is 8.80. The lowest BCUT2D eigenvalue weighted by Crippen LogP contribution is -2.23. The van der Waals surface area contributed by atoms with Gasteiger partial charge in [-0.15, -0.1) is 0 Å². The number of hydrogen-bond donors (Lipinski definition) is 1. The molecule has 1 heterocycles. The highest BCUT2D eigenvalue weighted by Crippen LogP contribution is 2.24. The quantitative estimate of drug-likeness (QED) is 0.450. The molecule has 0 fully saturated rings. The van der Waals surface area contributed by atoms with Gasteiger partial charge in [0.1, 0.15) is 11.6 Å². The Labute approximate surface area is 167 Å². The van der Waals surface area contributed by atoms with Gasteiger partial charge in [0.2, 0.25) is 5.91 Å². The van der Waals surface area contributed by atoms with Crippen molar-refractivity contribution in [2.45, 2.75) is 19.9 Å². The van der Waals surface area contributed by atoms with Crippen molar-refractivity contribution in [3.8, 4) is 5.75 Å². The summed E-state index contributed by atoms with van der Waals surface area (Å²) in [6, 6.07) is 13.8. The van der Waals surface area contributed by atoms with Crippen molar-refractivity contribution in [1.29, 1.82) is 0 Å². The first kappa shape index (κ1) is 19.2. The number of carbonyl (C=O) groups excluding carboxylic acids is 1. The smallest absolute Gasteiger partial charge is 0.244 e. The van der Waals surface area contributed by atoms with E-state index in [4.69, 9.17) is 4.74 Å². The van der Waals surface area contributed by atoms with Crippen LogP contribution in [0.3, 0.4) is 0 Å². The number of fused-ring (bicyclic) bond motifs is 1. The molecule has 1 aromatic heterocycles. The maximum Gasteiger partial charge on any atom is 0.244 e. The highest BCUT2D eigenvalue weighted by Gasteiger charge is 2.06. The molecule has 3 aromatic rings. The van der Waals surface area contributed by atoms with Gasteiger partial charge >= 0.3 is 0 Å². The van der Waals surface area contributed by atoms with Crippen LogP contribution in [0.1, 0.15) is 17.8 Å². The van der Waals surface area contributed by atoms with Crippen molar-refractivity contribution < 1.29 is 9.53 Å². The third-order valence-corrected chi connectivity index (χ3v) is 4.80. The standard InChI is InChI=1S/C21H22BrN3O2/c1-15-24-18-6-3-4-7-19(18)25(15)13-5-12-23-21(26)11-8-16-14-17(22)9-10-20(16)27-2/h3-4,6-11,14H,5,12-13H2,1-2H3,(H,23,26)/b11-8+. The van der Waals surface area contributed by atoms with Crippen molar-refractivity contribution in [3.63, 3.8) is 0 Å². The van der Waals surface area contributed by atoms with Gasteiger partial charge in [0, 0.05) is 29.2 Å². The lowest BCUT2D eigenvalue weighted by atomic mass is 10.2. The average Bonchev–Trinajstić information content (AvgIpc) is 2.99. The number of halogens is 1. The van der Waals surface area contributed by atoms with E-state index in [1.807, 2.05) is 43.3 Å². The minimum absolute atomic E-state index is 0.121. The molecule has 0 aliphatic carbocycles. The van der Waals surface area contributed by atoms with Gasteiger partial charge in [-0.3, -0.25) is 4.79 Å². The van der Waals surface area contributed by atoms with E-state index in [1.165, 1.54) is 6.08 Å². The molecule has 27 heavy (non-hydrogen) atoms. The van der Waals surface area contributed by atoms with Crippen LogP contribution >= 0.6 is 15.9 Å². The monoisotopic (exact) mass is 427 g/mol. The van der Waals surface area contributed by atoms with Gasteiger partial charge in [0.05, 0.1) is 18.1 Å². The predicted octanol–water partition coefficient (Wildman–Crippen LogP) is 4.34. The summed E-state index contributed by atoms with van der Waals surface area (Å²) in [7, 11) is 1.61. The summed E-state index contributed by atoms with van der Waals surface area (Å²) >= 11 is 3.43. The molecule has 0 aliphatic heterocycles. The lowest BCUT2D eigenvalue weighted by molar-refractivity contribution is -0.116. The van der Waals surface area contributed by atoms with Crippen LogP contribution in [0.4, 0.5) is 0 Å². The minimum Gasteiger partial charge on any atom is -0.496 e. The molecular weight excluding hydrogens is 406 g/mol. The van der Waals surface area contributed by atoms with Crippen LogP contribution < -0.4 is 10.1 Å². The molecule has 0 unspecified atom stereocenters. The van der Waals surface area contributed by atoms with Crippen molar-refractivity contribution in [1.82, 2.24) is 14.9 Å². The summed E-state index contributed by atoms with van der Waals surface area (Å²) in [4.78, 5) is 16.6. The SMILES string of the molecule is COc1ccc(Br)cc1/C=C/C(=O)NCCCn1c(C)nc2ccccc21. The van der Waals surface area contributed by atoms with Gasteiger partial charge in [-0.1, -0.05) is 28.1 Å². The number of rotatable bonds is 7. The van der Waals surface area contributed by atoms with E-state index in [-0.39, 0.29) is 5.91 Å². The number of benzene rings is 2. The summed E-state index contributed by atoms with van der Waals surface area (Å²) in [5.41, 5.74) is 2.98. The number of hydrogen-bond acceptors (Lipinski definition) is 3. The normalized spacial score (nSPS) is 11.2. The zero-order valence-corrected chi connectivity index (χ0v) is 17.0. The second-order valence-corrected chi connectivity index (χ2v) is 7.08. The number of nitrogens with one attached hydrogen (secondary N) is 1. The van der Waals surface area contributed by atoms with E-state index >= 15 is 0 Å². The van der Waals surface area contributed by atoms with Crippen LogP contribution in [0.2, 0.25) is 0 Å². The summed E-state index contributed by atoms with van der Waals surface area (Å²) < 4.78 is 8.43. The van der Waals surface area contributed by atoms with E-state index in [0.717, 1.165) is 45.6 Å². The molecule has 1 N–H and O–H groups in total. The number of ether oxygens (including phenoxy) is 1. The number of aromatic nitrogens is 2. The molecule has 0 atom stereocenters. The topological polar surface area (TPSA) is 56.1 Å². The average molecular weight is 428 g/mol. The van der Waals surface area contributed by atoms with Gasteiger partial charge in [0.25, 0.3) is 0 Å². The lowest BCUT2D eigenvalue weighted by Gasteiger charge is -2.07. The zero-order valence-electron chi connectivity index (χ0n) is 15.4. The Bertz CT molecular complexity index is 979. The van der Waals surface area contributed by atoms with E-state index in [0.29, 0.717) is 6.54 Å². The molecule has 2 aromatic carbocycles. The Hall–Kier alpha value is -2.60. The van der Waals surface area contributed by atoms with Gasteiger partial charge in [-0.25, -0.2) is 4.98 Å². The number of nitrogens with zero attached hydrogens (tertiary/aromatic N) is 2. The Morgan fingerprint density at radius 2 is 2.11 bits per heavy atom. The van der Waals surface area contributed by atoms with Crippen LogP contribution in [-0.4, -0.2) is 29.1 Å². The molecule has 6 heteroatoms. The molecule has 0 aliphatic rings. The fourth-order valence-electron chi connectivity index (χ4n) is 2.99. The van der Waals surface area contributed by atoms with E-state index in [9.17, 15) is 4.79 Å². The first-order chi connectivity index (χ1) is 13.1. The highest BCUT2D eigenvalue weighted by atomic mass is 79.9. The van der Waals surface area contributed by atoms with Crippen molar-refractivity contribution in [3.05, 3.63) is 64.4 Å². The number of para-hydroxylation sites is 2. The molecule has 0 radical (unpaired) electrons. The summed E-state index contributed by atoms with van der Waals surface area (Å²) in [5.74, 6) is 1.60. The van der Waals surface area contributed by atoms with Crippen LogP contribution in [-0.2, 0) is 11.3 Å². The second kappa shape index (κ2) is 8.86. The number of amides is 1. The molecule has 0 saturated heterocycles. The number of aryl methyl sites for hydroxylation is 2. The van der Waals surface area contributed by atoms with E-state index < -0.39 is 0 Å². The zero-order chi connectivity index (χ0) is 19.2. The number of carbonyl (C=O) groups is 1. The van der Waals surface area contributed by atoms with Crippen molar-refractivity contribution in [2.24, 2.45) is 0 Å². The van der Waals surface area contributed by atoms with Gasteiger partial charge in [0.15, 0.2) is 0 Å². The molecule has 1 amide bonds. The largest absolute Gasteiger partial charge is 0.496 e. The molecule has 0 spiro atoms. The van der Waals surface area contributed by atoms with E-state index in [2.05, 4.69) is 36.9 Å². The third kappa shape index (κ3) is 4.77. The van der Waals surface area contributed by atoms with Crippen molar-refractivity contribution in [2.75, 3.05) is 13.7 Å². The van der Waals surface area contributed by atoms with E-state index in [1.54, 1.807) is 13.2 Å². The summed E-state index contributed by atoms with van der Waals surface area (Å²) in [6.07, 6.45) is 4.12. The second-order valence-electron chi connectivity index (χ2n) is 6.16. The van der Waals surface area contributed by atoms with Gasteiger partial charge < -0.3 is 14.6 Å². The number of methoxy groups -OCH3 is 1. The number of imidazole rings is 1. The maximum absolute atomic E-state index is 12.1. The third-order valence-electron chi connectivity index (χ3n) is 4.31.